The summed E-state index contributed by atoms with van der Waals surface area (Å²) in [7, 11) is 3.27. The van der Waals surface area contributed by atoms with Crippen molar-refractivity contribution in [3.63, 3.8) is 0 Å². The van der Waals surface area contributed by atoms with Crippen molar-refractivity contribution in [2.45, 2.75) is 32.6 Å². The van der Waals surface area contributed by atoms with Gasteiger partial charge in [-0.15, -0.1) is 0 Å². The second-order valence-corrected chi connectivity index (χ2v) is 7.87. The molecule has 29 heavy (non-hydrogen) atoms. The second kappa shape index (κ2) is 9.85. The van der Waals surface area contributed by atoms with E-state index < -0.39 is 0 Å². The van der Waals surface area contributed by atoms with Crippen molar-refractivity contribution in [3.8, 4) is 11.5 Å². The van der Waals surface area contributed by atoms with Crippen LogP contribution in [0.5, 0.6) is 11.5 Å². The molecular weight excluding hydrogens is 370 g/mol. The first-order valence-corrected chi connectivity index (χ1v) is 10.6. The van der Waals surface area contributed by atoms with Crippen molar-refractivity contribution in [3.05, 3.63) is 23.8 Å². The van der Waals surface area contributed by atoms with Crippen LogP contribution in [0.2, 0.25) is 0 Å². The summed E-state index contributed by atoms with van der Waals surface area (Å²) in [6.07, 6.45) is 3.17. The van der Waals surface area contributed by atoms with Crippen molar-refractivity contribution < 1.29 is 19.1 Å². The molecule has 0 unspecified atom stereocenters. The number of nitrogens with zero attached hydrogens (tertiary/aromatic N) is 2. The number of hydrogen-bond acceptors (Lipinski definition) is 4. The quantitative estimate of drug-likeness (QED) is 0.792. The standard InChI is InChI=1S/C22H33N3O4/c1-4-23-22(27)25-13-9-17-14-20(26)24(12-10-18(17)15-25)11-8-16-6-5-7-19(28-2)21(16)29-3/h5-7,17-18H,4,8-15H2,1-3H3,(H,23,27)/t17-,18+/m1/s1. The zero-order valence-corrected chi connectivity index (χ0v) is 17.8. The number of hydrogen-bond donors (Lipinski definition) is 1. The van der Waals surface area contributed by atoms with E-state index in [-0.39, 0.29) is 11.9 Å². The summed E-state index contributed by atoms with van der Waals surface area (Å²) in [6.45, 7) is 5.48. The monoisotopic (exact) mass is 403 g/mol. The molecule has 1 aromatic rings. The minimum Gasteiger partial charge on any atom is -0.493 e. The number of fused-ring (bicyclic) bond motifs is 1. The molecule has 2 aliphatic rings. The molecule has 2 saturated heterocycles. The number of carbonyl (C=O) groups is 2. The second-order valence-electron chi connectivity index (χ2n) is 7.87. The normalized spacial score (nSPS) is 22.0. The number of methoxy groups -OCH3 is 2. The molecule has 0 saturated carbocycles. The molecule has 3 rings (SSSR count). The Morgan fingerprint density at radius 2 is 1.97 bits per heavy atom. The van der Waals surface area contributed by atoms with E-state index in [0.29, 0.717) is 37.1 Å². The maximum absolute atomic E-state index is 12.9. The molecule has 0 spiro atoms. The Kier molecular flexibility index (Phi) is 7.23. The van der Waals surface area contributed by atoms with Gasteiger partial charge in [0.15, 0.2) is 11.5 Å². The van der Waals surface area contributed by atoms with Crippen LogP contribution >= 0.6 is 0 Å². The van der Waals surface area contributed by atoms with Crippen molar-refractivity contribution in [2.75, 3.05) is 46.9 Å². The summed E-state index contributed by atoms with van der Waals surface area (Å²) in [6, 6.07) is 5.87. The van der Waals surface area contributed by atoms with Crippen LogP contribution in [-0.2, 0) is 11.2 Å². The Bertz CT molecular complexity index is 724. The lowest BCUT2D eigenvalue weighted by molar-refractivity contribution is -0.131. The lowest BCUT2D eigenvalue weighted by Crippen LogP contribution is -2.48. The van der Waals surface area contributed by atoms with E-state index in [1.54, 1.807) is 14.2 Å². The van der Waals surface area contributed by atoms with Crippen LogP contribution in [0.1, 0.15) is 31.7 Å². The third-order valence-corrected chi connectivity index (χ3v) is 6.20. The summed E-state index contributed by atoms with van der Waals surface area (Å²) in [5.74, 6) is 2.45. The van der Waals surface area contributed by atoms with Crippen LogP contribution in [0.3, 0.4) is 0 Å². The predicted molar refractivity (Wildman–Crippen MR) is 111 cm³/mol. The number of ether oxygens (including phenoxy) is 2. The Hall–Kier alpha value is -2.44. The summed E-state index contributed by atoms with van der Waals surface area (Å²) in [5, 5.41) is 2.89. The topological polar surface area (TPSA) is 71.1 Å². The summed E-state index contributed by atoms with van der Waals surface area (Å²) >= 11 is 0. The molecule has 160 valence electrons. The first-order chi connectivity index (χ1) is 14.1. The maximum atomic E-state index is 12.9. The van der Waals surface area contributed by atoms with E-state index in [1.807, 2.05) is 34.9 Å². The van der Waals surface area contributed by atoms with Crippen LogP contribution in [0, 0.1) is 11.8 Å². The van der Waals surface area contributed by atoms with E-state index in [0.717, 1.165) is 50.2 Å². The highest BCUT2D eigenvalue weighted by atomic mass is 16.5. The van der Waals surface area contributed by atoms with Crippen LogP contribution < -0.4 is 14.8 Å². The zero-order chi connectivity index (χ0) is 20.8. The maximum Gasteiger partial charge on any atom is 0.317 e. The Morgan fingerprint density at radius 1 is 1.17 bits per heavy atom. The molecule has 0 bridgehead atoms. The number of carbonyl (C=O) groups excluding carboxylic acids is 2. The van der Waals surface area contributed by atoms with Crippen LogP contribution in [0.25, 0.3) is 0 Å². The molecule has 1 N–H and O–H groups in total. The average Bonchev–Trinajstić information content (AvgIpc) is 2.89. The van der Waals surface area contributed by atoms with Gasteiger partial charge in [0.05, 0.1) is 14.2 Å². The average molecular weight is 404 g/mol. The van der Waals surface area contributed by atoms with Crippen LogP contribution in [0.15, 0.2) is 18.2 Å². The molecule has 2 atom stereocenters. The molecule has 7 nitrogen and oxygen atoms in total. The smallest absolute Gasteiger partial charge is 0.317 e. The summed E-state index contributed by atoms with van der Waals surface area (Å²) in [4.78, 5) is 28.9. The third kappa shape index (κ3) is 4.95. The van der Waals surface area contributed by atoms with Crippen molar-refractivity contribution >= 4 is 11.9 Å². The van der Waals surface area contributed by atoms with Gasteiger partial charge in [-0.25, -0.2) is 4.79 Å². The Balaban J connectivity index is 1.61. The van der Waals surface area contributed by atoms with E-state index in [1.165, 1.54) is 0 Å². The zero-order valence-electron chi connectivity index (χ0n) is 17.8. The number of nitrogens with one attached hydrogen (secondary N) is 1. The van der Waals surface area contributed by atoms with Gasteiger partial charge in [0.2, 0.25) is 5.91 Å². The Morgan fingerprint density at radius 3 is 2.69 bits per heavy atom. The molecule has 0 aliphatic carbocycles. The van der Waals surface area contributed by atoms with Gasteiger partial charge in [-0.05, 0) is 49.7 Å². The minimum atomic E-state index is 0.0171. The highest BCUT2D eigenvalue weighted by molar-refractivity contribution is 5.77. The fraction of sp³-hybridized carbons (Fsp3) is 0.636. The highest BCUT2D eigenvalue weighted by Gasteiger charge is 2.36. The molecular formula is C22H33N3O4. The predicted octanol–water partition coefficient (Wildman–Crippen LogP) is 2.54. The molecule has 2 aliphatic heterocycles. The number of urea groups is 1. The van der Waals surface area contributed by atoms with Gasteiger partial charge in [-0.3, -0.25) is 4.79 Å². The fourth-order valence-corrected chi connectivity index (χ4v) is 4.57. The van der Waals surface area contributed by atoms with Gasteiger partial charge in [-0.1, -0.05) is 12.1 Å². The molecule has 1 aromatic carbocycles. The number of benzene rings is 1. The van der Waals surface area contributed by atoms with Crippen molar-refractivity contribution in [2.24, 2.45) is 11.8 Å². The van der Waals surface area contributed by atoms with Gasteiger partial charge in [0.25, 0.3) is 0 Å². The number of para-hydroxylation sites is 1. The number of rotatable bonds is 6. The lowest BCUT2D eigenvalue weighted by atomic mass is 9.82. The molecule has 0 radical (unpaired) electrons. The van der Waals surface area contributed by atoms with Crippen LogP contribution in [-0.4, -0.2) is 68.7 Å². The highest BCUT2D eigenvalue weighted by Crippen LogP contribution is 2.34. The number of likely N-dealkylation sites (tertiary alicyclic amines) is 2. The van der Waals surface area contributed by atoms with Gasteiger partial charge in [0.1, 0.15) is 0 Å². The first kappa shape index (κ1) is 21.3. The van der Waals surface area contributed by atoms with E-state index in [2.05, 4.69) is 5.32 Å². The summed E-state index contributed by atoms with van der Waals surface area (Å²) in [5.41, 5.74) is 1.05. The molecule has 2 fully saturated rings. The summed E-state index contributed by atoms with van der Waals surface area (Å²) < 4.78 is 10.9. The van der Waals surface area contributed by atoms with Gasteiger partial charge >= 0.3 is 6.03 Å². The van der Waals surface area contributed by atoms with Gasteiger partial charge in [0, 0.05) is 39.1 Å². The van der Waals surface area contributed by atoms with Crippen molar-refractivity contribution in [1.29, 1.82) is 0 Å². The van der Waals surface area contributed by atoms with Gasteiger partial charge < -0.3 is 24.6 Å². The molecule has 0 aromatic heterocycles. The van der Waals surface area contributed by atoms with E-state index >= 15 is 0 Å². The first-order valence-electron chi connectivity index (χ1n) is 10.6. The molecule has 2 heterocycles. The van der Waals surface area contributed by atoms with E-state index in [9.17, 15) is 9.59 Å². The van der Waals surface area contributed by atoms with Gasteiger partial charge in [-0.2, -0.15) is 0 Å². The minimum absolute atomic E-state index is 0.0171. The SMILES string of the molecule is CCNC(=O)N1CC[C@@H]2CC(=O)N(CCc3cccc(OC)c3OC)CC[C@H]2C1. The van der Waals surface area contributed by atoms with Crippen molar-refractivity contribution in [1.82, 2.24) is 15.1 Å². The third-order valence-electron chi connectivity index (χ3n) is 6.20. The molecule has 7 heteroatoms. The van der Waals surface area contributed by atoms with E-state index in [4.69, 9.17) is 9.47 Å². The number of piperidine rings is 1. The number of amides is 3. The fourth-order valence-electron chi connectivity index (χ4n) is 4.57. The van der Waals surface area contributed by atoms with Crippen LogP contribution in [0.4, 0.5) is 4.79 Å². The largest absolute Gasteiger partial charge is 0.493 e. The molecule has 3 amide bonds. The Labute approximate surface area is 173 Å². The lowest BCUT2D eigenvalue weighted by Gasteiger charge is -2.37.